The molecule has 0 aromatic heterocycles. The van der Waals surface area contributed by atoms with Crippen molar-refractivity contribution >= 4 is 11.9 Å². The van der Waals surface area contributed by atoms with Crippen molar-refractivity contribution in [2.45, 2.75) is 121 Å². The third-order valence-electron chi connectivity index (χ3n) is 10.0. The molecule has 2 aliphatic rings. The van der Waals surface area contributed by atoms with E-state index in [1.165, 1.54) is 4.90 Å². The maximum Gasteiger partial charge on any atom is 0.413 e. The summed E-state index contributed by atoms with van der Waals surface area (Å²) in [7, 11) is 0. The van der Waals surface area contributed by atoms with Crippen LogP contribution in [0.4, 0.5) is 4.79 Å². The van der Waals surface area contributed by atoms with E-state index < -0.39 is 72.3 Å². The van der Waals surface area contributed by atoms with E-state index >= 15 is 0 Å². The number of carbonyl (C=O) groups is 2. The fourth-order valence-corrected chi connectivity index (χ4v) is 6.94. The molecule has 0 bridgehead atoms. The molecule has 1 N–H and O–H groups in total. The minimum Gasteiger partial charge on any atom is -0.444 e. The van der Waals surface area contributed by atoms with E-state index in [2.05, 4.69) is 0 Å². The largest absolute Gasteiger partial charge is 0.444 e. The molecule has 0 aliphatic carbocycles. The molecule has 62 heavy (non-hydrogen) atoms. The SMILES string of the molecule is CC(C)(C)OC(=O)N1[C@@H](C(=O)CC(O)[C@@H]2O[C@H](COOCc3ccccc3)[C@@H](OOCc3ccccc3)[C@H](OOCc3ccccc3)[C@@H]2OOCc2ccccc2)COC1(C)C. The quantitative estimate of drug-likeness (QED) is 0.0512. The van der Waals surface area contributed by atoms with E-state index in [1.807, 2.05) is 121 Å². The van der Waals surface area contributed by atoms with Crippen LogP contribution in [0.2, 0.25) is 0 Å². The fourth-order valence-electron chi connectivity index (χ4n) is 6.94. The van der Waals surface area contributed by atoms with Crippen molar-refractivity contribution in [1.82, 2.24) is 4.90 Å². The van der Waals surface area contributed by atoms with Gasteiger partial charge in [0.15, 0.2) is 24.1 Å². The van der Waals surface area contributed by atoms with Gasteiger partial charge in [-0.2, -0.15) is 0 Å². The number of amides is 1. The van der Waals surface area contributed by atoms with Crippen LogP contribution in [0.15, 0.2) is 121 Å². The first-order valence-corrected chi connectivity index (χ1v) is 20.7. The predicted octanol–water partition coefficient (Wildman–Crippen LogP) is 7.15. The molecule has 4 aromatic rings. The number of ether oxygens (including phenoxy) is 3. The molecular formula is C47H57NO14. The first-order chi connectivity index (χ1) is 29.9. The Hall–Kier alpha value is -4.62. The average Bonchev–Trinajstić information content (AvgIpc) is 3.59. The zero-order valence-electron chi connectivity index (χ0n) is 35.7. The van der Waals surface area contributed by atoms with Gasteiger partial charge in [-0.15, -0.1) is 0 Å². The van der Waals surface area contributed by atoms with Gasteiger partial charge in [-0.05, 0) is 56.9 Å². The van der Waals surface area contributed by atoms with Crippen LogP contribution in [0, 0.1) is 0 Å². The number of hydrogen-bond donors (Lipinski definition) is 1. The Labute approximate surface area is 362 Å². The molecule has 1 amide bonds. The highest BCUT2D eigenvalue weighted by Gasteiger charge is 2.55. The summed E-state index contributed by atoms with van der Waals surface area (Å²) < 4.78 is 18.1. The summed E-state index contributed by atoms with van der Waals surface area (Å²) >= 11 is 0. The number of benzene rings is 4. The number of rotatable bonds is 21. The number of carbonyl (C=O) groups excluding carboxylic acids is 2. The molecule has 4 aromatic carbocycles. The molecule has 15 heteroatoms. The number of aliphatic hydroxyl groups excluding tert-OH is 1. The van der Waals surface area contributed by atoms with Crippen LogP contribution in [-0.4, -0.2) is 89.1 Å². The lowest BCUT2D eigenvalue weighted by atomic mass is 9.90. The second-order valence-corrected chi connectivity index (χ2v) is 16.5. The Kier molecular flexibility index (Phi) is 17.1. The topological polar surface area (TPSA) is 159 Å². The Morgan fingerprint density at radius 3 is 1.56 bits per heavy atom. The van der Waals surface area contributed by atoms with Crippen LogP contribution in [0.25, 0.3) is 0 Å². The molecule has 1 unspecified atom stereocenters. The average molecular weight is 860 g/mol. The summed E-state index contributed by atoms with van der Waals surface area (Å²) in [5, 5.41) is 12.1. The zero-order chi connectivity index (χ0) is 44.0. The van der Waals surface area contributed by atoms with Crippen LogP contribution >= 0.6 is 0 Å². The summed E-state index contributed by atoms with van der Waals surface area (Å²) in [4.78, 5) is 76.0. The van der Waals surface area contributed by atoms with Crippen LogP contribution in [0.1, 0.15) is 63.3 Å². The van der Waals surface area contributed by atoms with Crippen LogP contribution in [0.3, 0.4) is 0 Å². The molecule has 15 nitrogen and oxygen atoms in total. The van der Waals surface area contributed by atoms with Crippen molar-refractivity contribution in [1.29, 1.82) is 0 Å². The fraction of sp³-hybridized carbons (Fsp3) is 0.447. The third-order valence-corrected chi connectivity index (χ3v) is 10.0. The van der Waals surface area contributed by atoms with Gasteiger partial charge in [-0.3, -0.25) is 9.69 Å². The standard InChI is InChI=1S/C47H57NO14/c1-46(2,3)59-45(51)48-37(31-52-47(48,4)5)38(49)26-39(50)41-43(61-56-29-35-22-14-8-15-23-35)44(62-57-30-36-24-16-9-17-25-36)42(60-55-28-34-20-12-7-13-21-34)40(58-41)32-54-53-27-33-18-10-6-11-19-33/h6-25,37,39-44,50H,26-32H2,1-5H3/t37-,39?,40-,41+,42-,43-,44+/m1/s1. The Morgan fingerprint density at radius 1 is 0.661 bits per heavy atom. The first-order valence-electron chi connectivity index (χ1n) is 20.7. The number of aliphatic hydroxyl groups is 1. The lowest BCUT2D eigenvalue weighted by Crippen LogP contribution is -2.64. The molecule has 0 radical (unpaired) electrons. The van der Waals surface area contributed by atoms with Gasteiger partial charge in [0.1, 0.15) is 62.6 Å². The highest BCUT2D eigenvalue weighted by molar-refractivity contribution is 5.88. The van der Waals surface area contributed by atoms with Gasteiger partial charge in [-0.25, -0.2) is 43.9 Å². The van der Waals surface area contributed by atoms with E-state index in [0.29, 0.717) is 0 Å². The number of Topliss-reactive ketones (excluding diaryl/α,β-unsaturated/α-hetero) is 1. The second kappa shape index (κ2) is 22.6. The van der Waals surface area contributed by atoms with Gasteiger partial charge in [0.05, 0.1) is 12.7 Å². The highest BCUT2D eigenvalue weighted by Crippen LogP contribution is 2.35. The summed E-state index contributed by atoms with van der Waals surface area (Å²) in [6, 6.07) is 36.4. The maximum atomic E-state index is 14.2. The summed E-state index contributed by atoms with van der Waals surface area (Å²) in [5.74, 6) is -0.511. The molecule has 6 rings (SSSR count). The monoisotopic (exact) mass is 859 g/mol. The number of nitrogens with zero attached hydrogens (tertiary/aromatic N) is 1. The summed E-state index contributed by atoms with van der Waals surface area (Å²) in [6.07, 6.45) is -8.96. The molecule has 2 saturated heterocycles. The summed E-state index contributed by atoms with van der Waals surface area (Å²) in [6.45, 7) is 8.36. The van der Waals surface area contributed by atoms with Crippen LogP contribution in [-0.2, 0) is 84.5 Å². The van der Waals surface area contributed by atoms with Crippen LogP contribution in [0.5, 0.6) is 0 Å². The van der Waals surface area contributed by atoms with Crippen molar-refractivity contribution in [3.05, 3.63) is 144 Å². The maximum absolute atomic E-state index is 14.2. The van der Waals surface area contributed by atoms with Gasteiger partial charge < -0.3 is 19.3 Å². The smallest absolute Gasteiger partial charge is 0.413 e. The molecule has 2 fully saturated rings. The Balaban J connectivity index is 1.29. The van der Waals surface area contributed by atoms with Gasteiger partial charge in [0.25, 0.3) is 0 Å². The minimum absolute atomic E-state index is 0.00587. The van der Waals surface area contributed by atoms with Crippen molar-refractivity contribution < 1.29 is 68.0 Å². The van der Waals surface area contributed by atoms with E-state index in [4.69, 9.17) is 53.3 Å². The Bertz CT molecular complexity index is 1930. The predicted molar refractivity (Wildman–Crippen MR) is 222 cm³/mol. The molecule has 2 heterocycles. The van der Waals surface area contributed by atoms with Crippen molar-refractivity contribution in [2.75, 3.05) is 13.2 Å². The van der Waals surface area contributed by atoms with E-state index in [1.54, 1.807) is 34.6 Å². The van der Waals surface area contributed by atoms with Gasteiger partial charge in [0, 0.05) is 6.42 Å². The lowest BCUT2D eigenvalue weighted by molar-refractivity contribution is -0.474. The van der Waals surface area contributed by atoms with E-state index in [9.17, 15) is 14.7 Å². The van der Waals surface area contributed by atoms with Gasteiger partial charge in [-0.1, -0.05) is 121 Å². The van der Waals surface area contributed by atoms with E-state index in [-0.39, 0.29) is 39.6 Å². The summed E-state index contributed by atoms with van der Waals surface area (Å²) in [5.41, 5.74) is 1.27. The lowest BCUT2D eigenvalue weighted by Gasteiger charge is -2.45. The highest BCUT2D eigenvalue weighted by atomic mass is 17.2. The number of ketones is 1. The minimum atomic E-state index is -1.57. The van der Waals surface area contributed by atoms with Crippen molar-refractivity contribution in [2.24, 2.45) is 0 Å². The van der Waals surface area contributed by atoms with Crippen molar-refractivity contribution in [3.8, 4) is 0 Å². The molecular weight excluding hydrogens is 803 g/mol. The molecule has 0 saturated carbocycles. The van der Waals surface area contributed by atoms with Crippen LogP contribution < -0.4 is 0 Å². The first kappa shape index (κ1) is 46.9. The van der Waals surface area contributed by atoms with Gasteiger partial charge in [0.2, 0.25) is 0 Å². The number of hydrogen-bond acceptors (Lipinski definition) is 14. The zero-order valence-corrected chi connectivity index (χ0v) is 35.7. The molecule has 0 spiro atoms. The second-order valence-electron chi connectivity index (χ2n) is 16.5. The van der Waals surface area contributed by atoms with E-state index in [0.717, 1.165) is 22.3 Å². The Morgan fingerprint density at radius 2 is 1.10 bits per heavy atom. The molecule has 2 aliphatic heterocycles. The molecule has 334 valence electrons. The normalized spacial score (nSPS) is 22.9. The van der Waals surface area contributed by atoms with Gasteiger partial charge >= 0.3 is 6.09 Å². The molecule has 7 atom stereocenters. The van der Waals surface area contributed by atoms with Crippen molar-refractivity contribution in [3.63, 3.8) is 0 Å². The third kappa shape index (κ3) is 13.7.